The zero-order valence-corrected chi connectivity index (χ0v) is 19.0. The van der Waals surface area contributed by atoms with E-state index in [-0.39, 0.29) is 16.2 Å². The molecule has 168 valence electrons. The summed E-state index contributed by atoms with van der Waals surface area (Å²) in [7, 11) is -0.366. The van der Waals surface area contributed by atoms with E-state index in [1.807, 2.05) is 36.4 Å². The van der Waals surface area contributed by atoms with Crippen LogP contribution in [0.15, 0.2) is 65.6 Å². The van der Waals surface area contributed by atoms with Crippen molar-refractivity contribution >= 4 is 32.5 Å². The number of esters is 1. The number of benzene rings is 3. The quantitative estimate of drug-likeness (QED) is 0.483. The highest BCUT2D eigenvalue weighted by Gasteiger charge is 2.22. The lowest BCUT2D eigenvalue weighted by Gasteiger charge is -2.18. The van der Waals surface area contributed by atoms with Crippen LogP contribution in [0.1, 0.15) is 22.8 Å². The minimum Gasteiger partial charge on any atom is -0.497 e. The number of hydrogen-bond donors (Lipinski definition) is 0. The van der Waals surface area contributed by atoms with Crippen molar-refractivity contribution in [2.45, 2.75) is 18.4 Å². The van der Waals surface area contributed by atoms with Gasteiger partial charge in [0.15, 0.2) is 16.4 Å². The molecule has 0 aliphatic carbocycles. The third-order valence-corrected chi connectivity index (χ3v) is 6.89. The second kappa shape index (κ2) is 9.82. The fraction of sp³-hybridized carbons (Fsp3) is 0.250. The molecule has 7 nitrogen and oxygen atoms in total. The maximum Gasteiger partial charge on any atom is 0.339 e. The topological polar surface area (TPSA) is 90.0 Å². The molecule has 8 heteroatoms. The predicted octanol–water partition coefficient (Wildman–Crippen LogP) is 3.46. The molecule has 0 aliphatic heterocycles. The van der Waals surface area contributed by atoms with Gasteiger partial charge in [-0.15, -0.1) is 0 Å². The number of carbonyl (C=O) groups is 2. The Morgan fingerprint density at radius 2 is 1.66 bits per heavy atom. The molecule has 3 rings (SSSR count). The number of ether oxygens (including phenoxy) is 2. The number of likely N-dealkylation sites (N-methyl/N-ethyl adjacent to an activating group) is 1. The Hall–Kier alpha value is -3.39. The van der Waals surface area contributed by atoms with E-state index >= 15 is 0 Å². The molecule has 0 saturated heterocycles. The number of hydrogen-bond acceptors (Lipinski definition) is 6. The lowest BCUT2D eigenvalue weighted by Crippen LogP contribution is -2.31. The normalized spacial score (nSPS) is 11.2. The molecule has 0 atom stereocenters. The van der Waals surface area contributed by atoms with Gasteiger partial charge in [0.2, 0.25) is 0 Å². The standard InChI is InChI=1S/C24H25NO6S/c1-4-32(28,29)22-8-6-5-7-21(22)24(27)31-16-23(26)25(2)15-17-9-10-19-14-20(30-3)12-11-18(19)13-17/h5-14H,4,15-16H2,1-3H3. The Balaban J connectivity index is 1.64. The second-order valence-electron chi connectivity index (χ2n) is 7.27. The van der Waals surface area contributed by atoms with Crippen molar-refractivity contribution in [2.75, 3.05) is 26.5 Å². The summed E-state index contributed by atoms with van der Waals surface area (Å²) in [5.41, 5.74) is 0.846. The first-order chi connectivity index (χ1) is 15.2. The molecule has 0 saturated carbocycles. The Morgan fingerprint density at radius 1 is 0.969 bits per heavy atom. The molecule has 1 amide bonds. The average molecular weight is 456 g/mol. The molecule has 0 fully saturated rings. The lowest BCUT2D eigenvalue weighted by molar-refractivity contribution is -0.133. The fourth-order valence-corrected chi connectivity index (χ4v) is 4.32. The highest BCUT2D eigenvalue weighted by molar-refractivity contribution is 7.91. The molecular formula is C24H25NO6S. The minimum absolute atomic E-state index is 0.0743. The summed E-state index contributed by atoms with van der Waals surface area (Å²) in [4.78, 5) is 26.3. The number of rotatable bonds is 8. The predicted molar refractivity (Wildman–Crippen MR) is 121 cm³/mol. The molecule has 0 aliphatic rings. The fourth-order valence-electron chi connectivity index (χ4n) is 3.24. The number of nitrogens with zero attached hydrogens (tertiary/aromatic N) is 1. The van der Waals surface area contributed by atoms with E-state index in [1.54, 1.807) is 20.2 Å². The van der Waals surface area contributed by atoms with Crippen LogP contribution >= 0.6 is 0 Å². The largest absolute Gasteiger partial charge is 0.497 e. The van der Waals surface area contributed by atoms with Crippen molar-refractivity contribution in [1.29, 1.82) is 0 Å². The van der Waals surface area contributed by atoms with Crippen LogP contribution < -0.4 is 4.74 Å². The van der Waals surface area contributed by atoms with E-state index in [0.29, 0.717) is 6.54 Å². The van der Waals surface area contributed by atoms with Crippen LogP contribution in [0.4, 0.5) is 0 Å². The van der Waals surface area contributed by atoms with Gasteiger partial charge in [-0.2, -0.15) is 0 Å². The lowest BCUT2D eigenvalue weighted by atomic mass is 10.1. The summed E-state index contributed by atoms with van der Waals surface area (Å²) in [5.74, 6) is -0.618. The van der Waals surface area contributed by atoms with Gasteiger partial charge in [-0.05, 0) is 46.7 Å². The first-order valence-electron chi connectivity index (χ1n) is 10.0. The third-order valence-electron chi connectivity index (χ3n) is 5.11. The molecule has 0 aromatic heterocycles. The number of sulfone groups is 1. The number of fused-ring (bicyclic) bond motifs is 1. The van der Waals surface area contributed by atoms with Crippen molar-refractivity contribution in [3.8, 4) is 5.75 Å². The van der Waals surface area contributed by atoms with Crippen LogP contribution in [0.2, 0.25) is 0 Å². The number of carbonyl (C=O) groups excluding carboxylic acids is 2. The van der Waals surface area contributed by atoms with E-state index in [9.17, 15) is 18.0 Å². The van der Waals surface area contributed by atoms with Crippen LogP contribution in [-0.4, -0.2) is 51.7 Å². The monoisotopic (exact) mass is 455 g/mol. The van der Waals surface area contributed by atoms with E-state index < -0.39 is 28.3 Å². The molecule has 32 heavy (non-hydrogen) atoms. The summed E-state index contributed by atoms with van der Waals surface area (Å²) in [5, 5.41) is 2.04. The van der Waals surface area contributed by atoms with Gasteiger partial charge < -0.3 is 14.4 Å². The molecule has 0 spiro atoms. The summed E-state index contributed by atoms with van der Waals surface area (Å²) in [6, 6.07) is 17.4. The molecule has 3 aromatic carbocycles. The van der Waals surface area contributed by atoms with Crippen LogP contribution in [0.25, 0.3) is 10.8 Å². The van der Waals surface area contributed by atoms with Crippen molar-refractivity contribution in [1.82, 2.24) is 4.90 Å². The minimum atomic E-state index is -3.60. The van der Waals surface area contributed by atoms with Crippen LogP contribution in [0.3, 0.4) is 0 Å². The third kappa shape index (κ3) is 5.26. The first kappa shape index (κ1) is 23.3. The van der Waals surface area contributed by atoms with Crippen LogP contribution in [-0.2, 0) is 25.9 Å². The Labute approximate surface area is 187 Å². The van der Waals surface area contributed by atoms with Gasteiger partial charge in [0.1, 0.15) is 5.75 Å². The Kier molecular flexibility index (Phi) is 7.15. The highest BCUT2D eigenvalue weighted by atomic mass is 32.2. The molecular weight excluding hydrogens is 430 g/mol. The zero-order valence-electron chi connectivity index (χ0n) is 18.2. The SMILES string of the molecule is CCS(=O)(=O)c1ccccc1C(=O)OCC(=O)N(C)Cc1ccc2cc(OC)ccc2c1. The van der Waals surface area contributed by atoms with Gasteiger partial charge in [-0.3, -0.25) is 4.79 Å². The van der Waals surface area contributed by atoms with E-state index in [2.05, 4.69) is 0 Å². The first-order valence-corrected chi connectivity index (χ1v) is 11.7. The van der Waals surface area contributed by atoms with Crippen molar-refractivity contribution < 1.29 is 27.5 Å². The van der Waals surface area contributed by atoms with Gasteiger partial charge in [-0.1, -0.05) is 37.3 Å². The summed E-state index contributed by atoms with van der Waals surface area (Å²) in [6.45, 7) is 1.35. The Bertz CT molecular complexity index is 1250. The highest BCUT2D eigenvalue weighted by Crippen LogP contribution is 2.22. The van der Waals surface area contributed by atoms with Crippen molar-refractivity contribution in [3.63, 3.8) is 0 Å². The Morgan fingerprint density at radius 3 is 2.38 bits per heavy atom. The van der Waals surface area contributed by atoms with Crippen molar-refractivity contribution in [3.05, 3.63) is 71.8 Å². The number of amides is 1. The van der Waals surface area contributed by atoms with E-state index in [4.69, 9.17) is 9.47 Å². The average Bonchev–Trinajstić information content (AvgIpc) is 2.81. The summed E-state index contributed by atoms with van der Waals surface area (Å²) < 4.78 is 34.8. The zero-order chi connectivity index (χ0) is 23.3. The smallest absolute Gasteiger partial charge is 0.339 e. The van der Waals surface area contributed by atoms with E-state index in [0.717, 1.165) is 22.1 Å². The van der Waals surface area contributed by atoms with Crippen LogP contribution in [0, 0.1) is 0 Å². The van der Waals surface area contributed by atoms with Gasteiger partial charge in [-0.25, -0.2) is 13.2 Å². The molecule has 0 unspecified atom stereocenters. The number of methoxy groups -OCH3 is 1. The molecule has 0 N–H and O–H groups in total. The molecule has 0 radical (unpaired) electrons. The molecule has 3 aromatic rings. The maximum atomic E-state index is 12.5. The van der Waals surface area contributed by atoms with E-state index in [1.165, 1.54) is 30.0 Å². The molecule has 0 bridgehead atoms. The van der Waals surface area contributed by atoms with Crippen molar-refractivity contribution in [2.24, 2.45) is 0 Å². The van der Waals surface area contributed by atoms with Gasteiger partial charge in [0, 0.05) is 13.6 Å². The van der Waals surface area contributed by atoms with Gasteiger partial charge in [0.05, 0.1) is 23.3 Å². The molecule has 0 heterocycles. The second-order valence-corrected chi connectivity index (χ2v) is 9.52. The maximum absolute atomic E-state index is 12.5. The van der Waals surface area contributed by atoms with Gasteiger partial charge in [0.25, 0.3) is 5.91 Å². The van der Waals surface area contributed by atoms with Gasteiger partial charge >= 0.3 is 5.97 Å². The summed E-state index contributed by atoms with van der Waals surface area (Å²) >= 11 is 0. The summed E-state index contributed by atoms with van der Waals surface area (Å²) in [6.07, 6.45) is 0. The van der Waals surface area contributed by atoms with Crippen LogP contribution in [0.5, 0.6) is 5.75 Å².